The van der Waals surface area contributed by atoms with Gasteiger partial charge < -0.3 is 11.1 Å². The van der Waals surface area contributed by atoms with Gasteiger partial charge in [0.1, 0.15) is 5.82 Å². The smallest absolute Gasteiger partial charge is 0.126 e. The third-order valence-corrected chi connectivity index (χ3v) is 3.03. The molecule has 1 atom stereocenters. The van der Waals surface area contributed by atoms with E-state index in [1.165, 1.54) is 0 Å². The molecular formula is C15H17FN2. The summed E-state index contributed by atoms with van der Waals surface area (Å²) in [6.07, 6.45) is 0. The number of nitrogens with one attached hydrogen (secondary N) is 1. The number of nitrogens with two attached hydrogens (primary N) is 1. The van der Waals surface area contributed by atoms with Gasteiger partial charge in [0.2, 0.25) is 0 Å². The van der Waals surface area contributed by atoms with E-state index in [4.69, 9.17) is 5.73 Å². The molecule has 0 aliphatic carbocycles. The molecular weight excluding hydrogens is 227 g/mol. The summed E-state index contributed by atoms with van der Waals surface area (Å²) in [5, 5.41) is 3.28. The van der Waals surface area contributed by atoms with Crippen LogP contribution in [0.4, 0.5) is 15.8 Å². The molecule has 2 aromatic carbocycles. The Morgan fingerprint density at radius 2 is 1.89 bits per heavy atom. The highest BCUT2D eigenvalue weighted by Gasteiger charge is 2.08. The first-order valence-electron chi connectivity index (χ1n) is 5.95. The van der Waals surface area contributed by atoms with Crippen LogP contribution in [0.3, 0.4) is 0 Å². The van der Waals surface area contributed by atoms with Crippen LogP contribution in [-0.4, -0.2) is 0 Å². The Kier molecular flexibility index (Phi) is 3.51. The maximum atomic E-state index is 13.5. The predicted octanol–water partition coefficient (Wildman–Crippen LogP) is 3.89. The minimum Gasteiger partial charge on any atom is -0.397 e. The number of aryl methyl sites for hydroxylation is 1. The molecule has 3 N–H and O–H groups in total. The first-order chi connectivity index (χ1) is 8.58. The van der Waals surface area contributed by atoms with Crippen molar-refractivity contribution in [2.24, 2.45) is 0 Å². The van der Waals surface area contributed by atoms with Crippen LogP contribution in [0.5, 0.6) is 0 Å². The van der Waals surface area contributed by atoms with Gasteiger partial charge in [0, 0.05) is 6.04 Å². The molecule has 2 nitrogen and oxygen atoms in total. The SMILES string of the molecule is Cc1ccc(C(C)Nc2ccccc2N)cc1F. The lowest BCUT2D eigenvalue weighted by molar-refractivity contribution is 0.614. The standard InChI is InChI=1S/C15H17FN2/c1-10-7-8-12(9-13(10)16)11(2)18-15-6-4-3-5-14(15)17/h3-9,11,18H,17H2,1-2H3. The molecule has 1 unspecified atom stereocenters. The van der Waals surface area contributed by atoms with E-state index in [0.29, 0.717) is 11.3 Å². The molecule has 2 rings (SSSR count). The zero-order valence-electron chi connectivity index (χ0n) is 10.6. The fourth-order valence-electron chi connectivity index (χ4n) is 1.82. The number of anilines is 2. The van der Waals surface area contributed by atoms with Crippen molar-refractivity contribution < 1.29 is 4.39 Å². The Bertz CT molecular complexity index is 552. The van der Waals surface area contributed by atoms with Crippen molar-refractivity contribution >= 4 is 11.4 Å². The Hall–Kier alpha value is -2.03. The maximum Gasteiger partial charge on any atom is 0.126 e. The number of nitrogen functional groups attached to an aromatic ring is 1. The summed E-state index contributed by atoms with van der Waals surface area (Å²) in [6.45, 7) is 3.74. The first kappa shape index (κ1) is 12.4. The highest BCUT2D eigenvalue weighted by molar-refractivity contribution is 5.66. The lowest BCUT2D eigenvalue weighted by Crippen LogP contribution is -2.08. The van der Waals surface area contributed by atoms with Gasteiger partial charge in [0.25, 0.3) is 0 Å². The molecule has 0 heterocycles. The molecule has 18 heavy (non-hydrogen) atoms. The van der Waals surface area contributed by atoms with Crippen LogP contribution in [0.25, 0.3) is 0 Å². The Morgan fingerprint density at radius 1 is 1.17 bits per heavy atom. The highest BCUT2D eigenvalue weighted by Crippen LogP contribution is 2.24. The molecule has 0 aliphatic rings. The fraction of sp³-hybridized carbons (Fsp3) is 0.200. The van der Waals surface area contributed by atoms with Gasteiger partial charge in [-0.2, -0.15) is 0 Å². The molecule has 0 aliphatic heterocycles. The van der Waals surface area contributed by atoms with Crippen LogP contribution < -0.4 is 11.1 Å². The molecule has 0 saturated heterocycles. The average Bonchev–Trinajstić information content (AvgIpc) is 2.35. The highest BCUT2D eigenvalue weighted by atomic mass is 19.1. The van der Waals surface area contributed by atoms with Gasteiger partial charge in [-0.25, -0.2) is 4.39 Å². The second kappa shape index (κ2) is 5.08. The number of halogens is 1. The summed E-state index contributed by atoms with van der Waals surface area (Å²) >= 11 is 0. The number of para-hydroxylation sites is 2. The first-order valence-corrected chi connectivity index (χ1v) is 5.95. The van der Waals surface area contributed by atoms with Crippen molar-refractivity contribution in [3.05, 3.63) is 59.4 Å². The van der Waals surface area contributed by atoms with Gasteiger partial charge in [-0.1, -0.05) is 24.3 Å². The summed E-state index contributed by atoms with van der Waals surface area (Å²) in [4.78, 5) is 0. The topological polar surface area (TPSA) is 38.0 Å². The van der Waals surface area contributed by atoms with Crippen LogP contribution in [-0.2, 0) is 0 Å². The molecule has 0 aromatic heterocycles. The van der Waals surface area contributed by atoms with Crippen LogP contribution in [0, 0.1) is 12.7 Å². The largest absolute Gasteiger partial charge is 0.397 e. The van der Waals surface area contributed by atoms with Gasteiger partial charge >= 0.3 is 0 Å². The van der Waals surface area contributed by atoms with Crippen molar-refractivity contribution in [2.45, 2.75) is 19.9 Å². The van der Waals surface area contributed by atoms with E-state index in [0.717, 1.165) is 11.3 Å². The van der Waals surface area contributed by atoms with Crippen LogP contribution in [0.15, 0.2) is 42.5 Å². The second-order valence-corrected chi connectivity index (χ2v) is 4.46. The third kappa shape index (κ3) is 2.62. The van der Waals surface area contributed by atoms with E-state index >= 15 is 0 Å². The number of rotatable bonds is 3. The van der Waals surface area contributed by atoms with Crippen molar-refractivity contribution in [3.8, 4) is 0 Å². The average molecular weight is 244 g/mol. The summed E-state index contributed by atoms with van der Waals surface area (Å²) in [5.74, 6) is -0.179. The van der Waals surface area contributed by atoms with Gasteiger partial charge in [0.05, 0.1) is 11.4 Å². The molecule has 0 bridgehead atoms. The van der Waals surface area contributed by atoms with E-state index in [1.807, 2.05) is 37.3 Å². The quantitative estimate of drug-likeness (QED) is 0.804. The molecule has 0 saturated carbocycles. The van der Waals surface area contributed by atoms with Crippen LogP contribution >= 0.6 is 0 Å². The van der Waals surface area contributed by atoms with Crippen LogP contribution in [0.2, 0.25) is 0 Å². The molecule has 2 aromatic rings. The summed E-state index contributed by atoms with van der Waals surface area (Å²) < 4.78 is 13.5. The molecule has 3 heteroatoms. The Balaban J connectivity index is 2.19. The lowest BCUT2D eigenvalue weighted by atomic mass is 10.1. The van der Waals surface area contributed by atoms with E-state index in [-0.39, 0.29) is 11.9 Å². The molecule has 0 radical (unpaired) electrons. The van der Waals surface area contributed by atoms with Gasteiger partial charge in [0.15, 0.2) is 0 Å². The van der Waals surface area contributed by atoms with E-state index < -0.39 is 0 Å². The summed E-state index contributed by atoms with van der Waals surface area (Å²) in [7, 11) is 0. The molecule has 94 valence electrons. The molecule has 0 spiro atoms. The Morgan fingerprint density at radius 3 is 2.56 bits per heavy atom. The zero-order chi connectivity index (χ0) is 13.1. The number of hydrogen-bond donors (Lipinski definition) is 2. The zero-order valence-corrected chi connectivity index (χ0v) is 10.6. The third-order valence-electron chi connectivity index (χ3n) is 3.03. The number of hydrogen-bond acceptors (Lipinski definition) is 2. The number of benzene rings is 2. The van der Waals surface area contributed by atoms with Gasteiger partial charge in [-0.3, -0.25) is 0 Å². The summed E-state index contributed by atoms with van der Waals surface area (Å²) in [6, 6.07) is 12.8. The van der Waals surface area contributed by atoms with E-state index in [2.05, 4.69) is 5.32 Å². The molecule has 0 fully saturated rings. The van der Waals surface area contributed by atoms with Crippen molar-refractivity contribution in [1.82, 2.24) is 0 Å². The summed E-state index contributed by atoms with van der Waals surface area (Å²) in [5.41, 5.74) is 8.98. The van der Waals surface area contributed by atoms with E-state index in [9.17, 15) is 4.39 Å². The normalized spacial score (nSPS) is 12.2. The van der Waals surface area contributed by atoms with Crippen LogP contribution in [0.1, 0.15) is 24.1 Å². The second-order valence-electron chi connectivity index (χ2n) is 4.46. The van der Waals surface area contributed by atoms with Gasteiger partial charge in [-0.05, 0) is 43.2 Å². The van der Waals surface area contributed by atoms with Crippen molar-refractivity contribution in [2.75, 3.05) is 11.1 Å². The minimum atomic E-state index is -0.179. The van der Waals surface area contributed by atoms with Gasteiger partial charge in [-0.15, -0.1) is 0 Å². The Labute approximate surface area is 107 Å². The maximum absolute atomic E-state index is 13.5. The molecule has 0 amide bonds. The lowest BCUT2D eigenvalue weighted by Gasteiger charge is -2.17. The van der Waals surface area contributed by atoms with Crippen molar-refractivity contribution in [3.63, 3.8) is 0 Å². The minimum absolute atomic E-state index is 0.00444. The monoisotopic (exact) mass is 244 g/mol. The van der Waals surface area contributed by atoms with Crippen molar-refractivity contribution in [1.29, 1.82) is 0 Å². The predicted molar refractivity (Wildman–Crippen MR) is 74.0 cm³/mol. The fourth-order valence-corrected chi connectivity index (χ4v) is 1.82. The van der Waals surface area contributed by atoms with E-state index in [1.54, 1.807) is 19.1 Å².